The van der Waals surface area contributed by atoms with Gasteiger partial charge in [-0.25, -0.2) is 21.9 Å². The molecular formula is C19H20ClFN2O5S. The Morgan fingerprint density at radius 1 is 1.17 bits per heavy atom. The fourth-order valence-electron chi connectivity index (χ4n) is 2.27. The first-order valence-electron chi connectivity index (χ1n) is 8.43. The smallest absolute Gasteiger partial charge is 0.340 e. The summed E-state index contributed by atoms with van der Waals surface area (Å²) in [6, 6.07) is 7.48. The first-order chi connectivity index (χ1) is 13.4. The number of halogens is 2. The van der Waals surface area contributed by atoms with Gasteiger partial charge in [0, 0.05) is 19.8 Å². The predicted molar refractivity (Wildman–Crippen MR) is 107 cm³/mol. The molecule has 1 N–H and O–H groups in total. The molecule has 0 heterocycles. The van der Waals surface area contributed by atoms with E-state index in [-0.39, 0.29) is 21.2 Å². The number of hydrogen-bond acceptors (Lipinski definition) is 5. The van der Waals surface area contributed by atoms with Crippen LogP contribution in [0.3, 0.4) is 0 Å². The zero-order valence-corrected chi connectivity index (χ0v) is 17.8. The molecule has 0 aliphatic carbocycles. The first-order valence-corrected chi connectivity index (χ1v) is 10.3. The molecule has 0 aromatic heterocycles. The van der Waals surface area contributed by atoms with Crippen molar-refractivity contribution in [3.8, 4) is 0 Å². The molecule has 2 aromatic carbocycles. The average molecular weight is 443 g/mol. The highest BCUT2D eigenvalue weighted by Crippen LogP contribution is 2.23. The van der Waals surface area contributed by atoms with Gasteiger partial charge in [0.25, 0.3) is 5.91 Å². The minimum absolute atomic E-state index is 0.00569. The molecule has 10 heteroatoms. The van der Waals surface area contributed by atoms with Gasteiger partial charge in [0.2, 0.25) is 10.0 Å². The van der Waals surface area contributed by atoms with Gasteiger partial charge in [-0.15, -0.1) is 0 Å². The van der Waals surface area contributed by atoms with Gasteiger partial charge in [-0.1, -0.05) is 17.7 Å². The minimum Gasteiger partial charge on any atom is -0.449 e. The third-order valence-corrected chi connectivity index (χ3v) is 6.17. The van der Waals surface area contributed by atoms with E-state index in [2.05, 4.69) is 5.32 Å². The van der Waals surface area contributed by atoms with E-state index in [1.54, 1.807) is 13.0 Å². The van der Waals surface area contributed by atoms with E-state index in [0.717, 1.165) is 22.5 Å². The van der Waals surface area contributed by atoms with E-state index in [9.17, 15) is 22.4 Å². The second-order valence-corrected chi connectivity index (χ2v) is 8.98. The van der Waals surface area contributed by atoms with E-state index in [1.807, 2.05) is 0 Å². The molecule has 0 saturated heterocycles. The summed E-state index contributed by atoms with van der Waals surface area (Å²) in [5.41, 5.74) is 0.805. The molecule has 0 spiro atoms. The number of carbonyl (C=O) groups is 2. The number of rotatable bonds is 6. The fraction of sp³-hybridized carbons (Fsp3) is 0.263. The van der Waals surface area contributed by atoms with E-state index >= 15 is 0 Å². The highest BCUT2D eigenvalue weighted by Gasteiger charge is 2.23. The van der Waals surface area contributed by atoms with Gasteiger partial charge in [0.1, 0.15) is 5.82 Å². The second kappa shape index (κ2) is 8.89. The number of amides is 1. The van der Waals surface area contributed by atoms with Gasteiger partial charge in [-0.3, -0.25) is 4.79 Å². The van der Waals surface area contributed by atoms with Crippen molar-refractivity contribution in [3.63, 3.8) is 0 Å². The number of esters is 1. The third-order valence-electron chi connectivity index (χ3n) is 4.05. The maximum atomic E-state index is 13.1. The lowest BCUT2D eigenvalue weighted by Crippen LogP contribution is -2.30. The Morgan fingerprint density at radius 2 is 1.83 bits per heavy atom. The Hall–Kier alpha value is -2.49. The van der Waals surface area contributed by atoms with Crippen LogP contribution in [0.25, 0.3) is 0 Å². The summed E-state index contributed by atoms with van der Waals surface area (Å²) >= 11 is 5.82. The van der Waals surface area contributed by atoms with Crippen LogP contribution < -0.4 is 5.32 Å². The summed E-state index contributed by atoms with van der Waals surface area (Å²) in [4.78, 5) is 24.6. The Labute approximate surface area is 173 Å². The molecule has 0 saturated carbocycles. The monoisotopic (exact) mass is 442 g/mol. The number of hydrogen-bond donors (Lipinski definition) is 1. The van der Waals surface area contributed by atoms with E-state index < -0.39 is 33.8 Å². The molecular weight excluding hydrogens is 423 g/mol. The number of benzene rings is 2. The molecule has 29 heavy (non-hydrogen) atoms. The summed E-state index contributed by atoms with van der Waals surface area (Å²) in [6.45, 7) is 3.04. The third kappa shape index (κ3) is 5.31. The topological polar surface area (TPSA) is 92.8 Å². The van der Waals surface area contributed by atoms with Crippen LogP contribution in [0.5, 0.6) is 0 Å². The minimum atomic E-state index is -3.68. The molecule has 0 bridgehead atoms. The average Bonchev–Trinajstić information content (AvgIpc) is 2.62. The van der Waals surface area contributed by atoms with Gasteiger partial charge in [0.15, 0.2) is 6.10 Å². The van der Waals surface area contributed by atoms with Gasteiger partial charge in [-0.05, 0) is 49.7 Å². The normalized spacial score (nSPS) is 12.5. The van der Waals surface area contributed by atoms with Crippen LogP contribution in [0.1, 0.15) is 22.8 Å². The van der Waals surface area contributed by atoms with Gasteiger partial charge in [-0.2, -0.15) is 0 Å². The van der Waals surface area contributed by atoms with E-state index in [1.165, 1.54) is 33.2 Å². The Morgan fingerprint density at radius 3 is 2.41 bits per heavy atom. The summed E-state index contributed by atoms with van der Waals surface area (Å²) in [7, 11) is -0.887. The number of nitrogens with zero attached hydrogens (tertiary/aromatic N) is 1. The summed E-state index contributed by atoms with van der Waals surface area (Å²) in [6.07, 6.45) is -1.21. The Bertz CT molecular complexity index is 1060. The van der Waals surface area contributed by atoms with Crippen LogP contribution in [-0.2, 0) is 19.6 Å². The van der Waals surface area contributed by atoms with Crippen LogP contribution in [-0.4, -0.2) is 44.8 Å². The maximum absolute atomic E-state index is 13.1. The number of nitrogens with one attached hydrogen (secondary N) is 1. The summed E-state index contributed by atoms with van der Waals surface area (Å²) in [5.74, 6) is -2.17. The molecule has 1 unspecified atom stereocenters. The van der Waals surface area contributed by atoms with Crippen molar-refractivity contribution in [1.29, 1.82) is 0 Å². The van der Waals surface area contributed by atoms with Crippen LogP contribution in [0.4, 0.5) is 10.1 Å². The van der Waals surface area contributed by atoms with Crippen LogP contribution in [0, 0.1) is 12.7 Å². The van der Waals surface area contributed by atoms with Gasteiger partial charge >= 0.3 is 5.97 Å². The summed E-state index contributed by atoms with van der Waals surface area (Å²) in [5, 5.41) is 2.41. The molecule has 2 aromatic rings. The first kappa shape index (κ1) is 22.8. The van der Waals surface area contributed by atoms with Gasteiger partial charge < -0.3 is 10.1 Å². The lowest BCUT2D eigenvalue weighted by atomic mass is 10.2. The van der Waals surface area contributed by atoms with Crippen LogP contribution in [0.2, 0.25) is 5.02 Å². The molecule has 7 nitrogen and oxygen atoms in total. The van der Waals surface area contributed by atoms with Crippen molar-refractivity contribution in [1.82, 2.24) is 4.31 Å². The summed E-state index contributed by atoms with van der Waals surface area (Å²) < 4.78 is 43.8. The number of carbonyl (C=O) groups excluding carboxylic acids is 2. The van der Waals surface area contributed by atoms with Crippen LogP contribution >= 0.6 is 11.6 Å². The number of aryl methyl sites for hydroxylation is 1. The lowest BCUT2D eigenvalue weighted by Gasteiger charge is -2.17. The lowest BCUT2D eigenvalue weighted by molar-refractivity contribution is -0.123. The molecule has 2 rings (SSSR count). The van der Waals surface area contributed by atoms with Crippen molar-refractivity contribution in [2.45, 2.75) is 24.8 Å². The molecule has 0 aliphatic rings. The molecule has 1 amide bonds. The van der Waals surface area contributed by atoms with E-state index in [4.69, 9.17) is 16.3 Å². The maximum Gasteiger partial charge on any atom is 0.340 e. The zero-order chi connectivity index (χ0) is 21.9. The Kier molecular flexibility index (Phi) is 6.99. The molecule has 0 radical (unpaired) electrons. The molecule has 0 fully saturated rings. The Balaban J connectivity index is 2.16. The van der Waals surface area contributed by atoms with Crippen molar-refractivity contribution in [2.75, 3.05) is 19.4 Å². The standard InChI is InChI=1S/C19H20ClFN2O5S/c1-11-5-7-14(29(26,27)23(3)4)10-17(11)22-18(24)12(2)28-19(25)15-8-6-13(21)9-16(15)20/h5-10,12H,1-4H3,(H,22,24). The predicted octanol–water partition coefficient (Wildman–Crippen LogP) is 3.22. The molecule has 0 aliphatic heterocycles. The fourth-order valence-corrected chi connectivity index (χ4v) is 3.45. The van der Waals surface area contributed by atoms with E-state index in [0.29, 0.717) is 5.56 Å². The quantitative estimate of drug-likeness (QED) is 0.693. The number of ether oxygens (including phenoxy) is 1. The number of anilines is 1. The van der Waals surface area contributed by atoms with Crippen molar-refractivity contribution < 1.29 is 27.1 Å². The van der Waals surface area contributed by atoms with Crippen molar-refractivity contribution in [3.05, 3.63) is 58.4 Å². The zero-order valence-electron chi connectivity index (χ0n) is 16.2. The van der Waals surface area contributed by atoms with Crippen LogP contribution in [0.15, 0.2) is 41.3 Å². The largest absolute Gasteiger partial charge is 0.449 e. The second-order valence-electron chi connectivity index (χ2n) is 6.43. The van der Waals surface area contributed by atoms with Crippen molar-refractivity contribution in [2.24, 2.45) is 0 Å². The molecule has 156 valence electrons. The molecule has 1 atom stereocenters. The van der Waals surface area contributed by atoms with Gasteiger partial charge in [0.05, 0.1) is 15.5 Å². The number of sulfonamides is 1. The van der Waals surface area contributed by atoms with Crippen molar-refractivity contribution >= 4 is 39.2 Å². The highest BCUT2D eigenvalue weighted by atomic mass is 35.5. The SMILES string of the molecule is Cc1ccc(S(=O)(=O)N(C)C)cc1NC(=O)C(C)OC(=O)c1ccc(F)cc1Cl. The highest BCUT2D eigenvalue weighted by molar-refractivity contribution is 7.89.